The topological polar surface area (TPSA) is 48.4 Å². The molecular weight excluding hydrogens is 342 g/mol. The van der Waals surface area contributed by atoms with Crippen molar-refractivity contribution in [1.29, 1.82) is 0 Å². The highest BCUT2D eigenvalue weighted by Crippen LogP contribution is 2.27. The van der Waals surface area contributed by atoms with E-state index < -0.39 is 0 Å². The number of nitrogens with one attached hydrogen (secondary N) is 1. The normalized spacial score (nSPS) is 21.4. The van der Waals surface area contributed by atoms with Gasteiger partial charge in [-0.2, -0.15) is 0 Å². The molecule has 2 atom stereocenters. The fourth-order valence-electron chi connectivity index (χ4n) is 3.33. The van der Waals surface area contributed by atoms with E-state index in [1.807, 2.05) is 36.4 Å². The first-order valence-corrected chi connectivity index (χ1v) is 9.84. The van der Waals surface area contributed by atoms with Gasteiger partial charge in [0.05, 0.1) is 22.4 Å². The van der Waals surface area contributed by atoms with E-state index in [0.717, 1.165) is 30.2 Å². The number of thiazole rings is 1. The van der Waals surface area contributed by atoms with E-state index in [1.54, 1.807) is 11.3 Å². The SMILES string of the molecule is O[C@@H]1CN(CC=Cc2ccccc2)CC[C@@H]1Nc1nc2ccccc2s1. The molecule has 1 aromatic heterocycles. The number of piperidine rings is 1. The van der Waals surface area contributed by atoms with Crippen molar-refractivity contribution in [3.05, 3.63) is 66.2 Å². The summed E-state index contributed by atoms with van der Waals surface area (Å²) < 4.78 is 1.17. The zero-order valence-corrected chi connectivity index (χ0v) is 15.4. The van der Waals surface area contributed by atoms with Gasteiger partial charge in [0, 0.05) is 19.6 Å². The lowest BCUT2D eigenvalue weighted by Gasteiger charge is -2.35. The van der Waals surface area contributed by atoms with Crippen LogP contribution in [0.15, 0.2) is 60.7 Å². The number of benzene rings is 2. The van der Waals surface area contributed by atoms with E-state index in [4.69, 9.17) is 0 Å². The van der Waals surface area contributed by atoms with E-state index in [9.17, 15) is 5.11 Å². The zero-order chi connectivity index (χ0) is 17.8. The highest BCUT2D eigenvalue weighted by atomic mass is 32.1. The van der Waals surface area contributed by atoms with Crippen molar-refractivity contribution in [3.8, 4) is 0 Å². The van der Waals surface area contributed by atoms with Crippen molar-refractivity contribution < 1.29 is 5.11 Å². The molecule has 2 N–H and O–H groups in total. The molecule has 134 valence electrons. The lowest BCUT2D eigenvalue weighted by atomic mass is 10.0. The largest absolute Gasteiger partial charge is 0.390 e. The molecule has 0 spiro atoms. The van der Waals surface area contributed by atoms with E-state index in [0.29, 0.717) is 6.54 Å². The van der Waals surface area contributed by atoms with E-state index in [1.165, 1.54) is 10.3 Å². The second-order valence-corrected chi connectivity index (χ2v) is 7.70. The lowest BCUT2D eigenvalue weighted by Crippen LogP contribution is -2.49. The summed E-state index contributed by atoms with van der Waals surface area (Å²) in [5.74, 6) is 0. The fraction of sp³-hybridized carbons (Fsp3) is 0.286. The molecule has 2 aromatic carbocycles. The Morgan fingerprint density at radius 2 is 1.96 bits per heavy atom. The summed E-state index contributed by atoms with van der Waals surface area (Å²) in [6.45, 7) is 2.51. The molecule has 0 radical (unpaired) electrons. The Kier molecular flexibility index (Phi) is 5.29. The number of rotatable bonds is 5. The molecule has 1 fully saturated rings. The molecule has 1 aliphatic heterocycles. The molecule has 1 saturated heterocycles. The quantitative estimate of drug-likeness (QED) is 0.721. The van der Waals surface area contributed by atoms with Crippen molar-refractivity contribution in [2.75, 3.05) is 25.0 Å². The Bertz CT molecular complexity index is 844. The van der Waals surface area contributed by atoms with Crippen LogP contribution in [-0.4, -0.2) is 46.8 Å². The molecule has 0 unspecified atom stereocenters. The number of anilines is 1. The highest BCUT2D eigenvalue weighted by molar-refractivity contribution is 7.22. The maximum Gasteiger partial charge on any atom is 0.184 e. The van der Waals surface area contributed by atoms with Crippen LogP contribution in [0.2, 0.25) is 0 Å². The summed E-state index contributed by atoms with van der Waals surface area (Å²) in [6, 6.07) is 18.5. The minimum Gasteiger partial charge on any atom is -0.390 e. The minimum absolute atomic E-state index is 0.0601. The number of aromatic nitrogens is 1. The lowest BCUT2D eigenvalue weighted by molar-refractivity contribution is 0.0658. The molecular formula is C21H23N3OS. The summed E-state index contributed by atoms with van der Waals surface area (Å²) in [4.78, 5) is 6.91. The molecule has 26 heavy (non-hydrogen) atoms. The summed E-state index contributed by atoms with van der Waals surface area (Å²) in [5.41, 5.74) is 2.22. The second kappa shape index (κ2) is 7.99. The van der Waals surface area contributed by atoms with Crippen LogP contribution in [0.4, 0.5) is 5.13 Å². The average Bonchev–Trinajstić information content (AvgIpc) is 3.07. The Hall–Kier alpha value is -2.21. The van der Waals surface area contributed by atoms with E-state index in [2.05, 4.69) is 45.6 Å². The highest BCUT2D eigenvalue weighted by Gasteiger charge is 2.27. The van der Waals surface area contributed by atoms with Crippen LogP contribution >= 0.6 is 11.3 Å². The summed E-state index contributed by atoms with van der Waals surface area (Å²) in [7, 11) is 0. The Balaban J connectivity index is 1.31. The molecule has 1 aliphatic rings. The minimum atomic E-state index is -0.388. The van der Waals surface area contributed by atoms with Crippen molar-refractivity contribution in [2.24, 2.45) is 0 Å². The van der Waals surface area contributed by atoms with Gasteiger partial charge in [-0.25, -0.2) is 4.98 Å². The predicted octanol–water partition coefficient (Wildman–Crippen LogP) is 3.86. The standard InChI is InChI=1S/C21H23N3OS/c25-19-15-24(13-6-9-16-7-2-1-3-8-16)14-12-17(19)22-21-23-18-10-4-5-11-20(18)26-21/h1-11,17,19,25H,12-15H2,(H,22,23)/t17-,19+/m0/s1. The molecule has 0 amide bonds. The zero-order valence-electron chi connectivity index (χ0n) is 14.6. The number of β-amino-alcohol motifs (C(OH)–C–C–N with tert-alkyl or cyclic N) is 1. The second-order valence-electron chi connectivity index (χ2n) is 6.67. The van der Waals surface area contributed by atoms with Gasteiger partial charge in [-0.05, 0) is 24.1 Å². The third-order valence-electron chi connectivity index (χ3n) is 4.74. The third kappa shape index (κ3) is 4.12. The summed E-state index contributed by atoms with van der Waals surface area (Å²) >= 11 is 1.65. The molecule has 0 bridgehead atoms. The van der Waals surface area contributed by atoms with Gasteiger partial charge in [-0.3, -0.25) is 4.90 Å². The van der Waals surface area contributed by atoms with Crippen molar-refractivity contribution in [3.63, 3.8) is 0 Å². The van der Waals surface area contributed by atoms with Crippen molar-refractivity contribution >= 4 is 32.8 Å². The predicted molar refractivity (Wildman–Crippen MR) is 110 cm³/mol. The van der Waals surface area contributed by atoms with E-state index >= 15 is 0 Å². The Labute approximate surface area is 157 Å². The number of nitrogens with zero attached hydrogens (tertiary/aromatic N) is 2. The maximum absolute atomic E-state index is 10.5. The fourth-order valence-corrected chi connectivity index (χ4v) is 4.25. The van der Waals surface area contributed by atoms with Crippen LogP contribution in [0.25, 0.3) is 16.3 Å². The van der Waals surface area contributed by atoms with Crippen LogP contribution in [0.1, 0.15) is 12.0 Å². The smallest absolute Gasteiger partial charge is 0.184 e. The molecule has 4 nitrogen and oxygen atoms in total. The molecule has 2 heterocycles. The van der Waals surface area contributed by atoms with Crippen molar-refractivity contribution in [2.45, 2.75) is 18.6 Å². The van der Waals surface area contributed by atoms with Gasteiger partial charge in [-0.15, -0.1) is 0 Å². The maximum atomic E-state index is 10.5. The molecule has 3 aromatic rings. The van der Waals surface area contributed by atoms with E-state index in [-0.39, 0.29) is 12.1 Å². The van der Waals surface area contributed by atoms with Crippen LogP contribution in [0.3, 0.4) is 0 Å². The average molecular weight is 366 g/mol. The Morgan fingerprint density at radius 3 is 2.77 bits per heavy atom. The first-order valence-electron chi connectivity index (χ1n) is 9.02. The van der Waals surface area contributed by atoms with Gasteiger partial charge in [0.1, 0.15) is 0 Å². The third-order valence-corrected chi connectivity index (χ3v) is 5.71. The van der Waals surface area contributed by atoms with Gasteiger partial charge in [0.25, 0.3) is 0 Å². The van der Waals surface area contributed by atoms with Crippen LogP contribution < -0.4 is 5.32 Å². The number of para-hydroxylation sites is 1. The molecule has 4 rings (SSSR count). The summed E-state index contributed by atoms with van der Waals surface area (Å²) in [5, 5.41) is 14.9. The Morgan fingerprint density at radius 1 is 1.15 bits per heavy atom. The van der Waals surface area contributed by atoms with Crippen molar-refractivity contribution in [1.82, 2.24) is 9.88 Å². The monoisotopic (exact) mass is 365 g/mol. The summed E-state index contributed by atoms with van der Waals surface area (Å²) in [6.07, 6.45) is 4.83. The number of aliphatic hydroxyl groups is 1. The van der Waals surface area contributed by atoms with Gasteiger partial charge >= 0.3 is 0 Å². The van der Waals surface area contributed by atoms with Gasteiger partial charge in [-0.1, -0.05) is 66.0 Å². The number of fused-ring (bicyclic) bond motifs is 1. The number of aliphatic hydroxyl groups excluding tert-OH is 1. The number of hydrogen-bond donors (Lipinski definition) is 2. The molecule has 0 aliphatic carbocycles. The van der Waals surface area contributed by atoms with Gasteiger partial charge in [0.15, 0.2) is 5.13 Å². The molecule has 5 heteroatoms. The molecule has 0 saturated carbocycles. The van der Waals surface area contributed by atoms with Crippen LogP contribution in [0.5, 0.6) is 0 Å². The van der Waals surface area contributed by atoms with Crippen LogP contribution in [-0.2, 0) is 0 Å². The van der Waals surface area contributed by atoms with Gasteiger partial charge in [0.2, 0.25) is 0 Å². The first-order chi connectivity index (χ1) is 12.8. The number of hydrogen-bond acceptors (Lipinski definition) is 5. The van der Waals surface area contributed by atoms with Gasteiger partial charge < -0.3 is 10.4 Å². The first kappa shape index (κ1) is 17.2. The number of likely N-dealkylation sites (tertiary alicyclic amines) is 1. The van der Waals surface area contributed by atoms with Crippen LogP contribution in [0, 0.1) is 0 Å².